The van der Waals surface area contributed by atoms with Crippen LogP contribution in [-0.2, 0) is 6.42 Å². The molecule has 0 aliphatic carbocycles. The molecule has 0 unspecified atom stereocenters. The van der Waals surface area contributed by atoms with Crippen LogP contribution in [0.1, 0.15) is 16.7 Å². The number of thiocarbonyl (C=S) groups is 1. The molecule has 1 atom stereocenters. The number of benzene rings is 3. The van der Waals surface area contributed by atoms with Crippen LogP contribution in [0.2, 0.25) is 0 Å². The Morgan fingerprint density at radius 1 is 0.897 bits per heavy atom. The molecule has 0 saturated heterocycles. The fourth-order valence-electron chi connectivity index (χ4n) is 3.81. The van der Waals surface area contributed by atoms with Gasteiger partial charge in [-0.25, -0.2) is 4.39 Å². The predicted octanol–water partition coefficient (Wildman–Crippen LogP) is 5.51. The van der Waals surface area contributed by atoms with Crippen LogP contribution in [0.15, 0.2) is 84.0 Å². The zero-order chi connectivity index (χ0) is 19.8. The Morgan fingerprint density at radius 2 is 1.62 bits per heavy atom. The van der Waals surface area contributed by atoms with Crippen molar-refractivity contribution in [3.8, 4) is 0 Å². The molecular formula is C24H18FN3S. The molecule has 0 fully saturated rings. The van der Waals surface area contributed by atoms with E-state index in [1.165, 1.54) is 6.07 Å². The normalized spacial score (nSPS) is 16.1. The van der Waals surface area contributed by atoms with Crippen molar-refractivity contribution in [3.63, 3.8) is 0 Å². The van der Waals surface area contributed by atoms with Crippen LogP contribution >= 0.6 is 12.2 Å². The second-order valence-corrected chi connectivity index (χ2v) is 7.51. The monoisotopic (exact) mass is 399 g/mol. The van der Waals surface area contributed by atoms with Gasteiger partial charge in [0.2, 0.25) is 0 Å². The van der Waals surface area contributed by atoms with E-state index in [2.05, 4.69) is 16.4 Å². The van der Waals surface area contributed by atoms with E-state index < -0.39 is 0 Å². The van der Waals surface area contributed by atoms with Crippen molar-refractivity contribution in [2.45, 2.75) is 12.5 Å². The fraction of sp³-hybridized carbons (Fsp3) is 0.0833. The average Bonchev–Trinajstić information content (AvgIpc) is 3.09. The lowest BCUT2D eigenvalue weighted by Crippen LogP contribution is -2.25. The van der Waals surface area contributed by atoms with Gasteiger partial charge >= 0.3 is 0 Å². The van der Waals surface area contributed by atoms with Crippen molar-refractivity contribution in [1.82, 2.24) is 4.98 Å². The molecule has 0 bridgehead atoms. The van der Waals surface area contributed by atoms with Crippen molar-refractivity contribution in [2.75, 3.05) is 5.32 Å². The van der Waals surface area contributed by atoms with Gasteiger partial charge in [0.25, 0.3) is 0 Å². The number of halogens is 1. The Hall–Kier alpha value is -3.31. The van der Waals surface area contributed by atoms with E-state index in [0.29, 0.717) is 22.7 Å². The number of H-pyrrole nitrogens is 1. The first-order valence-corrected chi connectivity index (χ1v) is 9.89. The third-order valence-corrected chi connectivity index (χ3v) is 5.62. The topological polar surface area (TPSA) is 40.2 Å². The molecule has 1 aliphatic heterocycles. The van der Waals surface area contributed by atoms with Gasteiger partial charge in [0.1, 0.15) is 16.8 Å². The summed E-state index contributed by atoms with van der Waals surface area (Å²) >= 11 is 5.70. The summed E-state index contributed by atoms with van der Waals surface area (Å²) in [6.07, 6.45) is 2.63. The summed E-state index contributed by atoms with van der Waals surface area (Å²) in [6, 6.07) is 22.4. The van der Waals surface area contributed by atoms with Crippen LogP contribution < -0.4 is 5.32 Å². The van der Waals surface area contributed by atoms with Crippen LogP contribution in [0.3, 0.4) is 0 Å². The minimum absolute atomic E-state index is 0.292. The van der Waals surface area contributed by atoms with Gasteiger partial charge < -0.3 is 10.3 Å². The lowest BCUT2D eigenvalue weighted by molar-refractivity contribution is 0.625. The molecule has 5 rings (SSSR count). The standard InChI is InChI=1S/C24H18FN3S/c25-19-10-4-1-8-17(19)23-18-9-3-6-12-21(18)28-24(29)22(27-23)13-15-14-26-20-11-5-2-7-16(15)20/h1-12,14,22,26H,13H2,(H,28,29)/t22-/m1/s1. The van der Waals surface area contributed by atoms with Gasteiger partial charge in [-0.15, -0.1) is 0 Å². The molecule has 29 heavy (non-hydrogen) atoms. The Kier molecular flexibility index (Phi) is 4.45. The Bertz CT molecular complexity index is 1260. The van der Waals surface area contributed by atoms with Gasteiger partial charge in [-0.2, -0.15) is 0 Å². The first kappa shape index (κ1) is 17.8. The molecule has 0 radical (unpaired) electrons. The van der Waals surface area contributed by atoms with Gasteiger partial charge in [-0.1, -0.05) is 60.7 Å². The third-order valence-electron chi connectivity index (χ3n) is 5.24. The highest BCUT2D eigenvalue weighted by atomic mass is 32.1. The maximum atomic E-state index is 14.7. The summed E-state index contributed by atoms with van der Waals surface area (Å²) in [5, 5.41) is 4.49. The summed E-state index contributed by atoms with van der Waals surface area (Å²) in [5.41, 5.74) is 5.02. The zero-order valence-electron chi connectivity index (χ0n) is 15.5. The second-order valence-electron chi connectivity index (χ2n) is 7.07. The highest BCUT2D eigenvalue weighted by Gasteiger charge is 2.25. The van der Waals surface area contributed by atoms with Gasteiger partial charge in [0, 0.05) is 40.3 Å². The largest absolute Gasteiger partial charge is 0.361 e. The molecule has 4 aromatic rings. The SMILES string of the molecule is Fc1ccccc1C1=N[C@H](Cc2c[nH]c3ccccc23)C(=S)Nc2ccccc21. The van der Waals surface area contributed by atoms with Crippen LogP contribution in [-0.4, -0.2) is 21.7 Å². The van der Waals surface area contributed by atoms with Gasteiger partial charge in [-0.3, -0.25) is 4.99 Å². The molecule has 0 amide bonds. The first-order valence-electron chi connectivity index (χ1n) is 9.48. The van der Waals surface area contributed by atoms with E-state index in [-0.39, 0.29) is 11.9 Å². The second kappa shape index (κ2) is 7.26. The Balaban J connectivity index is 1.63. The number of fused-ring (bicyclic) bond motifs is 2. The van der Waals surface area contributed by atoms with Crippen molar-refractivity contribution in [3.05, 3.63) is 102 Å². The van der Waals surface area contributed by atoms with Crippen molar-refractivity contribution < 1.29 is 4.39 Å². The number of para-hydroxylation sites is 2. The van der Waals surface area contributed by atoms with Gasteiger partial charge in [0.15, 0.2) is 0 Å². The summed E-state index contributed by atoms with van der Waals surface area (Å²) in [6.45, 7) is 0. The van der Waals surface area contributed by atoms with Crippen LogP contribution in [0.4, 0.5) is 10.1 Å². The molecule has 5 heteroatoms. The van der Waals surface area contributed by atoms with E-state index in [1.54, 1.807) is 12.1 Å². The van der Waals surface area contributed by atoms with Crippen molar-refractivity contribution in [2.24, 2.45) is 4.99 Å². The number of anilines is 1. The minimum Gasteiger partial charge on any atom is -0.361 e. The van der Waals surface area contributed by atoms with Crippen LogP contribution in [0.25, 0.3) is 10.9 Å². The number of benzodiazepines with no additional fused rings is 1. The quantitative estimate of drug-likeness (QED) is 0.446. The predicted molar refractivity (Wildman–Crippen MR) is 120 cm³/mol. The lowest BCUT2D eigenvalue weighted by Gasteiger charge is -2.13. The molecule has 3 aromatic carbocycles. The zero-order valence-corrected chi connectivity index (χ0v) is 16.3. The summed E-state index contributed by atoms with van der Waals surface area (Å²) in [4.78, 5) is 8.91. The molecule has 3 nitrogen and oxygen atoms in total. The van der Waals surface area contributed by atoms with E-state index in [0.717, 1.165) is 27.7 Å². The number of rotatable bonds is 3. The summed E-state index contributed by atoms with van der Waals surface area (Å²) in [7, 11) is 0. The molecule has 142 valence electrons. The fourth-order valence-corrected chi connectivity index (χ4v) is 4.06. The average molecular weight is 399 g/mol. The highest BCUT2D eigenvalue weighted by Crippen LogP contribution is 2.28. The number of aliphatic imine (C=N–C) groups is 1. The van der Waals surface area contributed by atoms with Gasteiger partial charge in [0.05, 0.1) is 5.71 Å². The van der Waals surface area contributed by atoms with E-state index >= 15 is 0 Å². The Morgan fingerprint density at radius 3 is 2.48 bits per heavy atom. The summed E-state index contributed by atoms with van der Waals surface area (Å²) < 4.78 is 14.7. The summed E-state index contributed by atoms with van der Waals surface area (Å²) in [5.74, 6) is -0.292. The van der Waals surface area contributed by atoms with Crippen molar-refractivity contribution >= 4 is 39.5 Å². The van der Waals surface area contributed by atoms with Crippen molar-refractivity contribution in [1.29, 1.82) is 0 Å². The van der Waals surface area contributed by atoms with E-state index in [4.69, 9.17) is 17.2 Å². The minimum atomic E-state index is -0.300. The molecule has 2 heterocycles. The number of aromatic amines is 1. The number of aromatic nitrogens is 1. The molecule has 2 N–H and O–H groups in total. The van der Waals surface area contributed by atoms with Crippen LogP contribution in [0, 0.1) is 5.82 Å². The molecule has 1 aromatic heterocycles. The van der Waals surface area contributed by atoms with Gasteiger partial charge in [-0.05, 0) is 29.8 Å². The molecule has 0 spiro atoms. The highest BCUT2D eigenvalue weighted by molar-refractivity contribution is 7.80. The molecule has 1 aliphatic rings. The first-order chi connectivity index (χ1) is 14.2. The number of nitrogens with zero attached hydrogens (tertiary/aromatic N) is 1. The maximum absolute atomic E-state index is 14.7. The van der Waals surface area contributed by atoms with E-state index in [9.17, 15) is 4.39 Å². The van der Waals surface area contributed by atoms with Crippen LogP contribution in [0.5, 0.6) is 0 Å². The third kappa shape index (κ3) is 3.23. The number of hydrogen-bond acceptors (Lipinski definition) is 2. The molecular weight excluding hydrogens is 381 g/mol. The molecule has 0 saturated carbocycles. The number of hydrogen-bond donors (Lipinski definition) is 2. The number of nitrogens with one attached hydrogen (secondary N) is 2. The lowest BCUT2D eigenvalue weighted by atomic mass is 10.00. The maximum Gasteiger partial charge on any atom is 0.132 e. The Labute approximate surface area is 173 Å². The van der Waals surface area contributed by atoms with E-state index in [1.807, 2.05) is 54.7 Å². The smallest absolute Gasteiger partial charge is 0.132 e.